The summed E-state index contributed by atoms with van der Waals surface area (Å²) >= 11 is 1.79. The lowest BCUT2D eigenvalue weighted by atomic mass is 9.78. The molecule has 26 heavy (non-hydrogen) atoms. The molecule has 5 heteroatoms. The number of aromatic nitrogens is 1. The summed E-state index contributed by atoms with van der Waals surface area (Å²) in [7, 11) is 0. The highest BCUT2D eigenvalue weighted by atomic mass is 32.1. The Kier molecular flexibility index (Phi) is 4.24. The summed E-state index contributed by atoms with van der Waals surface area (Å²) in [5, 5.41) is 4.34. The molecule has 2 saturated carbocycles. The van der Waals surface area contributed by atoms with Crippen molar-refractivity contribution in [3.63, 3.8) is 0 Å². The SMILES string of the molecule is CC1CCCCN1C1CC(c2nc3ccc(C(=O)NC4CC4)cc3s2)C1. The smallest absolute Gasteiger partial charge is 0.251 e. The summed E-state index contributed by atoms with van der Waals surface area (Å²) in [4.78, 5) is 19.9. The normalized spacial score (nSPS) is 29.5. The lowest BCUT2D eigenvalue weighted by Crippen LogP contribution is -2.50. The minimum atomic E-state index is 0.0622. The van der Waals surface area contributed by atoms with Gasteiger partial charge in [-0.1, -0.05) is 6.42 Å². The zero-order valence-electron chi connectivity index (χ0n) is 15.4. The number of piperidine rings is 1. The van der Waals surface area contributed by atoms with Gasteiger partial charge in [0.05, 0.1) is 15.2 Å². The standard InChI is InChI=1S/C21H27N3OS/c1-13-4-2-3-9-24(13)17-10-15(11-17)21-23-18-8-5-14(12-19(18)26-21)20(25)22-16-6-7-16/h5,8,12-13,15-17H,2-4,6-7,9-11H2,1H3,(H,22,25). The maximum absolute atomic E-state index is 12.3. The molecule has 1 atom stereocenters. The van der Waals surface area contributed by atoms with Crippen LogP contribution in [0, 0.1) is 0 Å². The third-order valence-corrected chi connectivity index (χ3v) is 7.55. The van der Waals surface area contributed by atoms with Crippen LogP contribution in [-0.2, 0) is 0 Å². The van der Waals surface area contributed by atoms with Gasteiger partial charge >= 0.3 is 0 Å². The number of hydrogen-bond acceptors (Lipinski definition) is 4. The Bertz CT molecular complexity index is 822. The highest BCUT2D eigenvalue weighted by Crippen LogP contribution is 2.44. The number of fused-ring (bicyclic) bond motifs is 1. The fourth-order valence-electron chi connectivity index (χ4n) is 4.48. The van der Waals surface area contributed by atoms with Gasteiger partial charge in [-0.15, -0.1) is 11.3 Å². The molecule has 5 rings (SSSR count). The van der Waals surface area contributed by atoms with Gasteiger partial charge in [-0.05, 0) is 70.2 Å². The van der Waals surface area contributed by atoms with Crippen molar-refractivity contribution in [2.45, 2.75) is 75.9 Å². The molecule has 1 unspecified atom stereocenters. The fourth-order valence-corrected chi connectivity index (χ4v) is 5.61. The van der Waals surface area contributed by atoms with Crippen LogP contribution in [0.25, 0.3) is 10.2 Å². The molecule has 0 spiro atoms. The van der Waals surface area contributed by atoms with Crippen molar-refractivity contribution in [1.29, 1.82) is 0 Å². The molecule has 1 amide bonds. The Morgan fingerprint density at radius 3 is 2.85 bits per heavy atom. The second kappa shape index (κ2) is 6.61. The van der Waals surface area contributed by atoms with Crippen LogP contribution in [0.15, 0.2) is 18.2 Å². The summed E-state index contributed by atoms with van der Waals surface area (Å²) in [6.45, 7) is 3.66. The quantitative estimate of drug-likeness (QED) is 0.873. The number of carbonyl (C=O) groups is 1. The molecule has 2 aromatic rings. The Balaban J connectivity index is 1.27. The van der Waals surface area contributed by atoms with Crippen molar-refractivity contribution < 1.29 is 4.79 Å². The number of carbonyl (C=O) groups excluding carboxylic acids is 1. The molecule has 2 heterocycles. The molecular weight excluding hydrogens is 342 g/mol. The van der Waals surface area contributed by atoms with E-state index in [-0.39, 0.29) is 5.91 Å². The van der Waals surface area contributed by atoms with Crippen molar-refractivity contribution >= 4 is 27.5 Å². The van der Waals surface area contributed by atoms with Crippen LogP contribution in [0.2, 0.25) is 0 Å². The highest BCUT2D eigenvalue weighted by molar-refractivity contribution is 7.18. The highest BCUT2D eigenvalue weighted by Gasteiger charge is 2.38. The summed E-state index contributed by atoms with van der Waals surface area (Å²) in [6, 6.07) is 7.86. The lowest BCUT2D eigenvalue weighted by Gasteiger charge is -2.47. The van der Waals surface area contributed by atoms with Crippen LogP contribution in [-0.4, -0.2) is 40.5 Å². The first kappa shape index (κ1) is 16.7. The first-order chi connectivity index (χ1) is 12.7. The summed E-state index contributed by atoms with van der Waals surface area (Å²) < 4.78 is 1.15. The number of nitrogens with zero attached hydrogens (tertiary/aromatic N) is 2. The Morgan fingerprint density at radius 2 is 2.08 bits per heavy atom. The Labute approximate surface area is 159 Å². The van der Waals surface area contributed by atoms with Gasteiger partial charge in [0.1, 0.15) is 0 Å². The van der Waals surface area contributed by atoms with Crippen molar-refractivity contribution in [2.24, 2.45) is 0 Å². The third kappa shape index (κ3) is 3.16. The van der Waals surface area contributed by atoms with E-state index in [4.69, 9.17) is 4.98 Å². The molecule has 1 N–H and O–H groups in total. The van der Waals surface area contributed by atoms with Crippen LogP contribution in [0.4, 0.5) is 0 Å². The predicted molar refractivity (Wildman–Crippen MR) is 106 cm³/mol. The number of nitrogens with one attached hydrogen (secondary N) is 1. The van der Waals surface area contributed by atoms with E-state index in [1.54, 1.807) is 11.3 Å². The average molecular weight is 370 g/mol. The van der Waals surface area contributed by atoms with Crippen molar-refractivity contribution in [1.82, 2.24) is 15.2 Å². The van der Waals surface area contributed by atoms with Gasteiger partial charge in [0.2, 0.25) is 0 Å². The summed E-state index contributed by atoms with van der Waals surface area (Å²) in [5.41, 5.74) is 1.82. The fraction of sp³-hybridized carbons (Fsp3) is 0.619. The molecular formula is C21H27N3OS. The maximum atomic E-state index is 12.3. The molecule has 0 radical (unpaired) electrons. The van der Waals surface area contributed by atoms with E-state index in [0.717, 1.165) is 40.7 Å². The zero-order chi connectivity index (χ0) is 17.7. The topological polar surface area (TPSA) is 45.2 Å². The van der Waals surface area contributed by atoms with Gasteiger partial charge in [-0.25, -0.2) is 4.98 Å². The van der Waals surface area contributed by atoms with Crippen LogP contribution in [0.5, 0.6) is 0 Å². The molecule has 3 fully saturated rings. The number of rotatable bonds is 4. The number of likely N-dealkylation sites (tertiary alicyclic amines) is 1. The van der Waals surface area contributed by atoms with Gasteiger partial charge in [-0.3, -0.25) is 9.69 Å². The van der Waals surface area contributed by atoms with Crippen molar-refractivity contribution in [2.75, 3.05) is 6.54 Å². The van der Waals surface area contributed by atoms with Gasteiger partial charge < -0.3 is 5.32 Å². The van der Waals surface area contributed by atoms with Crippen LogP contribution >= 0.6 is 11.3 Å². The van der Waals surface area contributed by atoms with E-state index in [1.165, 1.54) is 43.7 Å². The van der Waals surface area contributed by atoms with Crippen LogP contribution in [0.1, 0.15) is 73.2 Å². The van der Waals surface area contributed by atoms with Gasteiger partial charge in [0.15, 0.2) is 0 Å². The van der Waals surface area contributed by atoms with Gasteiger partial charge in [-0.2, -0.15) is 0 Å². The van der Waals surface area contributed by atoms with E-state index in [9.17, 15) is 4.79 Å². The zero-order valence-corrected chi connectivity index (χ0v) is 16.2. The second-order valence-corrected chi connectivity index (χ2v) is 9.45. The molecule has 1 aliphatic heterocycles. The van der Waals surface area contributed by atoms with Crippen molar-refractivity contribution in [3.8, 4) is 0 Å². The van der Waals surface area contributed by atoms with Gasteiger partial charge in [0, 0.05) is 29.6 Å². The molecule has 1 saturated heterocycles. The number of thiazole rings is 1. The molecule has 1 aromatic carbocycles. The number of amides is 1. The predicted octanol–water partition coefficient (Wildman–Crippen LogP) is 4.31. The van der Waals surface area contributed by atoms with E-state index in [0.29, 0.717) is 12.0 Å². The Morgan fingerprint density at radius 1 is 1.23 bits per heavy atom. The lowest BCUT2D eigenvalue weighted by molar-refractivity contribution is 0.0480. The molecule has 2 aliphatic carbocycles. The third-order valence-electron chi connectivity index (χ3n) is 6.37. The molecule has 1 aromatic heterocycles. The monoisotopic (exact) mass is 369 g/mol. The minimum absolute atomic E-state index is 0.0622. The number of hydrogen-bond donors (Lipinski definition) is 1. The van der Waals surface area contributed by atoms with Gasteiger partial charge in [0.25, 0.3) is 5.91 Å². The first-order valence-electron chi connectivity index (χ1n) is 10.1. The second-order valence-electron chi connectivity index (χ2n) is 8.39. The molecule has 4 nitrogen and oxygen atoms in total. The largest absolute Gasteiger partial charge is 0.349 e. The van der Waals surface area contributed by atoms with E-state index in [2.05, 4.69) is 17.1 Å². The summed E-state index contributed by atoms with van der Waals surface area (Å²) in [6.07, 6.45) is 8.85. The number of benzene rings is 1. The molecule has 138 valence electrons. The van der Waals surface area contributed by atoms with E-state index in [1.807, 2.05) is 18.2 Å². The first-order valence-corrected chi connectivity index (χ1v) is 11.0. The van der Waals surface area contributed by atoms with Crippen LogP contribution < -0.4 is 5.32 Å². The Hall–Kier alpha value is -1.46. The molecule has 0 bridgehead atoms. The molecule has 3 aliphatic rings. The van der Waals surface area contributed by atoms with E-state index < -0.39 is 0 Å². The summed E-state index contributed by atoms with van der Waals surface area (Å²) in [5.74, 6) is 0.669. The average Bonchev–Trinajstić information content (AvgIpc) is 3.31. The van der Waals surface area contributed by atoms with E-state index >= 15 is 0 Å². The van der Waals surface area contributed by atoms with Crippen LogP contribution in [0.3, 0.4) is 0 Å². The van der Waals surface area contributed by atoms with Crippen molar-refractivity contribution in [3.05, 3.63) is 28.8 Å². The maximum Gasteiger partial charge on any atom is 0.251 e. The minimum Gasteiger partial charge on any atom is -0.349 e.